The Morgan fingerprint density at radius 3 is 3.00 bits per heavy atom. The van der Waals surface area contributed by atoms with Crippen LogP contribution in [0, 0.1) is 0 Å². The predicted octanol–water partition coefficient (Wildman–Crippen LogP) is 2.07. The first kappa shape index (κ1) is 12.6. The fourth-order valence-corrected chi connectivity index (χ4v) is 2.15. The summed E-state index contributed by atoms with van der Waals surface area (Å²) >= 11 is 0. The Morgan fingerprint density at radius 1 is 1.39 bits per heavy atom. The van der Waals surface area contributed by atoms with E-state index in [1.165, 1.54) is 0 Å². The minimum absolute atomic E-state index is 0.0473. The molecule has 1 aromatic rings. The van der Waals surface area contributed by atoms with E-state index in [2.05, 4.69) is 5.32 Å². The van der Waals surface area contributed by atoms with Crippen molar-refractivity contribution in [3.63, 3.8) is 0 Å². The maximum Gasteiger partial charge on any atom is 0.306 e. The van der Waals surface area contributed by atoms with Crippen LogP contribution in [0.25, 0.3) is 0 Å². The van der Waals surface area contributed by atoms with Crippen LogP contribution < -0.4 is 5.32 Å². The smallest absolute Gasteiger partial charge is 0.306 e. The fraction of sp³-hybridized carbons (Fsp3) is 0.429. The van der Waals surface area contributed by atoms with Gasteiger partial charge in [-0.1, -0.05) is 18.2 Å². The second-order valence-electron chi connectivity index (χ2n) is 4.30. The largest absolute Gasteiger partial charge is 0.466 e. The molecule has 1 aliphatic heterocycles. The summed E-state index contributed by atoms with van der Waals surface area (Å²) in [5, 5.41) is 2.89. The molecule has 1 amide bonds. The molecule has 1 heterocycles. The molecule has 0 fully saturated rings. The Bertz CT molecular complexity index is 468. The maximum absolute atomic E-state index is 11.4. The van der Waals surface area contributed by atoms with E-state index in [4.69, 9.17) is 4.74 Å². The zero-order valence-corrected chi connectivity index (χ0v) is 10.5. The van der Waals surface area contributed by atoms with E-state index in [1.807, 2.05) is 18.2 Å². The van der Waals surface area contributed by atoms with E-state index in [1.54, 1.807) is 6.92 Å². The molecule has 96 valence electrons. The lowest BCUT2D eigenvalue weighted by molar-refractivity contribution is -0.143. The van der Waals surface area contributed by atoms with Gasteiger partial charge in [-0.05, 0) is 30.9 Å². The highest BCUT2D eigenvalue weighted by atomic mass is 16.5. The Balaban J connectivity index is 2.09. The molecule has 0 atom stereocenters. The number of amides is 1. The summed E-state index contributed by atoms with van der Waals surface area (Å²) in [6.45, 7) is 2.20. The van der Waals surface area contributed by atoms with Crippen LogP contribution in [0.4, 0.5) is 5.69 Å². The number of para-hydroxylation sites is 1. The first-order valence-corrected chi connectivity index (χ1v) is 6.27. The molecule has 0 spiro atoms. The minimum Gasteiger partial charge on any atom is -0.466 e. The molecular weight excluding hydrogens is 230 g/mol. The quantitative estimate of drug-likeness (QED) is 0.829. The highest BCUT2D eigenvalue weighted by molar-refractivity contribution is 5.94. The van der Waals surface area contributed by atoms with Gasteiger partial charge in [-0.2, -0.15) is 0 Å². The van der Waals surface area contributed by atoms with Crippen molar-refractivity contribution in [2.75, 3.05) is 11.9 Å². The van der Waals surface area contributed by atoms with Crippen LogP contribution in [0.5, 0.6) is 0 Å². The van der Waals surface area contributed by atoms with Gasteiger partial charge < -0.3 is 10.1 Å². The van der Waals surface area contributed by atoms with Crippen LogP contribution in [0.2, 0.25) is 0 Å². The van der Waals surface area contributed by atoms with Crippen molar-refractivity contribution < 1.29 is 14.3 Å². The van der Waals surface area contributed by atoms with Gasteiger partial charge >= 0.3 is 5.97 Å². The van der Waals surface area contributed by atoms with Crippen molar-refractivity contribution in [2.24, 2.45) is 0 Å². The summed E-state index contributed by atoms with van der Waals surface area (Å²) in [6.07, 6.45) is 2.26. The molecule has 1 N–H and O–H groups in total. The molecular formula is C14H17NO3. The topological polar surface area (TPSA) is 55.4 Å². The Labute approximate surface area is 106 Å². The van der Waals surface area contributed by atoms with E-state index < -0.39 is 0 Å². The molecule has 0 unspecified atom stereocenters. The van der Waals surface area contributed by atoms with Gasteiger partial charge in [-0.3, -0.25) is 9.59 Å². The number of carbonyl (C=O) groups is 2. The summed E-state index contributed by atoms with van der Waals surface area (Å²) < 4.78 is 4.90. The number of esters is 1. The van der Waals surface area contributed by atoms with Gasteiger partial charge in [0.1, 0.15) is 0 Å². The number of rotatable bonds is 4. The highest BCUT2D eigenvalue weighted by Gasteiger charge is 2.17. The van der Waals surface area contributed by atoms with E-state index >= 15 is 0 Å². The SMILES string of the molecule is CCOC(=O)CCc1cccc2c1NC(=O)CC2. The van der Waals surface area contributed by atoms with Crippen molar-refractivity contribution >= 4 is 17.6 Å². The molecule has 0 saturated carbocycles. The van der Waals surface area contributed by atoms with Gasteiger partial charge in [0.2, 0.25) is 5.91 Å². The number of carbonyl (C=O) groups excluding carboxylic acids is 2. The average Bonchev–Trinajstić information content (AvgIpc) is 2.36. The third kappa shape index (κ3) is 2.88. The Morgan fingerprint density at radius 2 is 2.22 bits per heavy atom. The van der Waals surface area contributed by atoms with E-state index in [0.717, 1.165) is 23.2 Å². The van der Waals surface area contributed by atoms with Crippen molar-refractivity contribution in [3.8, 4) is 0 Å². The van der Waals surface area contributed by atoms with Crippen LogP contribution in [0.1, 0.15) is 30.9 Å². The van der Waals surface area contributed by atoms with Crippen molar-refractivity contribution in [1.29, 1.82) is 0 Å². The summed E-state index contributed by atoms with van der Waals surface area (Å²) in [5.41, 5.74) is 3.04. The van der Waals surface area contributed by atoms with Crippen molar-refractivity contribution in [3.05, 3.63) is 29.3 Å². The van der Waals surface area contributed by atoms with E-state index in [0.29, 0.717) is 25.9 Å². The Hall–Kier alpha value is -1.84. The zero-order chi connectivity index (χ0) is 13.0. The monoisotopic (exact) mass is 247 g/mol. The van der Waals surface area contributed by atoms with Gasteiger partial charge in [0.15, 0.2) is 0 Å². The van der Waals surface area contributed by atoms with E-state index in [9.17, 15) is 9.59 Å². The number of hydrogen-bond donors (Lipinski definition) is 1. The first-order chi connectivity index (χ1) is 8.70. The maximum atomic E-state index is 11.4. The predicted molar refractivity (Wildman–Crippen MR) is 68.3 cm³/mol. The number of anilines is 1. The molecule has 1 aromatic carbocycles. The second-order valence-corrected chi connectivity index (χ2v) is 4.30. The van der Waals surface area contributed by atoms with Crippen LogP contribution in [-0.2, 0) is 27.2 Å². The Kier molecular flexibility index (Phi) is 3.97. The number of fused-ring (bicyclic) bond motifs is 1. The van der Waals surface area contributed by atoms with Crippen LogP contribution in [-0.4, -0.2) is 18.5 Å². The lowest BCUT2D eigenvalue weighted by Gasteiger charge is -2.20. The number of nitrogens with one attached hydrogen (secondary N) is 1. The molecule has 4 heteroatoms. The van der Waals surface area contributed by atoms with Crippen molar-refractivity contribution in [1.82, 2.24) is 0 Å². The highest BCUT2D eigenvalue weighted by Crippen LogP contribution is 2.27. The molecule has 2 rings (SSSR count). The normalized spacial score (nSPS) is 13.7. The molecule has 0 aliphatic carbocycles. The van der Waals surface area contributed by atoms with Gasteiger partial charge in [-0.25, -0.2) is 0 Å². The molecule has 0 bridgehead atoms. The molecule has 0 aromatic heterocycles. The average molecular weight is 247 g/mol. The summed E-state index contributed by atoms with van der Waals surface area (Å²) in [4.78, 5) is 22.8. The molecule has 18 heavy (non-hydrogen) atoms. The van der Waals surface area contributed by atoms with Gasteiger partial charge in [0.25, 0.3) is 0 Å². The molecule has 4 nitrogen and oxygen atoms in total. The fourth-order valence-electron chi connectivity index (χ4n) is 2.15. The third-order valence-corrected chi connectivity index (χ3v) is 3.03. The van der Waals surface area contributed by atoms with Crippen LogP contribution in [0.3, 0.4) is 0 Å². The first-order valence-electron chi connectivity index (χ1n) is 6.27. The second kappa shape index (κ2) is 5.67. The number of ether oxygens (including phenoxy) is 1. The van der Waals surface area contributed by atoms with Gasteiger partial charge in [0.05, 0.1) is 6.61 Å². The molecule has 0 saturated heterocycles. The van der Waals surface area contributed by atoms with Crippen LogP contribution in [0.15, 0.2) is 18.2 Å². The summed E-state index contributed by atoms with van der Waals surface area (Å²) in [6, 6.07) is 5.93. The molecule has 1 aliphatic rings. The standard InChI is InChI=1S/C14H17NO3/c1-2-18-13(17)9-7-11-5-3-4-10-6-8-12(16)15-14(10)11/h3-5H,2,6-9H2,1H3,(H,15,16). The van der Waals surface area contributed by atoms with Crippen molar-refractivity contribution in [2.45, 2.75) is 32.6 Å². The summed E-state index contributed by atoms with van der Waals surface area (Å²) in [5.74, 6) is -0.150. The number of benzene rings is 1. The third-order valence-electron chi connectivity index (χ3n) is 3.03. The van der Waals surface area contributed by atoms with Crippen LogP contribution >= 0.6 is 0 Å². The zero-order valence-electron chi connectivity index (χ0n) is 10.5. The number of aryl methyl sites for hydroxylation is 2. The lowest BCUT2D eigenvalue weighted by atomic mass is 9.97. The van der Waals surface area contributed by atoms with Gasteiger partial charge in [-0.15, -0.1) is 0 Å². The summed E-state index contributed by atoms with van der Waals surface area (Å²) in [7, 11) is 0. The number of hydrogen-bond acceptors (Lipinski definition) is 3. The molecule has 0 radical (unpaired) electrons. The minimum atomic E-state index is -0.197. The lowest BCUT2D eigenvalue weighted by Crippen LogP contribution is -2.20. The van der Waals surface area contributed by atoms with Gasteiger partial charge in [0, 0.05) is 18.5 Å². The van der Waals surface area contributed by atoms with E-state index in [-0.39, 0.29) is 11.9 Å².